The van der Waals surface area contributed by atoms with Crippen molar-refractivity contribution < 1.29 is 5.11 Å². The van der Waals surface area contributed by atoms with Crippen molar-refractivity contribution >= 4 is 0 Å². The Labute approximate surface area is 110 Å². The summed E-state index contributed by atoms with van der Waals surface area (Å²) in [4.78, 5) is 0. The molecule has 0 heterocycles. The number of aryl methyl sites for hydroxylation is 1. The lowest BCUT2D eigenvalue weighted by molar-refractivity contribution is 0.165. The summed E-state index contributed by atoms with van der Waals surface area (Å²) in [6.07, 6.45) is 5.03. The second-order valence-electron chi connectivity index (χ2n) is 5.67. The first-order valence-corrected chi connectivity index (χ1v) is 7.15. The molecule has 0 bridgehead atoms. The quantitative estimate of drug-likeness (QED) is 0.837. The summed E-state index contributed by atoms with van der Waals surface area (Å²) in [5, 5.41) is 13.6. The van der Waals surface area contributed by atoms with Crippen LogP contribution >= 0.6 is 0 Å². The topological polar surface area (TPSA) is 32.3 Å². The maximum absolute atomic E-state index is 10.1. The van der Waals surface area contributed by atoms with E-state index in [1.54, 1.807) is 0 Å². The molecule has 1 fully saturated rings. The Kier molecular flexibility index (Phi) is 4.79. The minimum Gasteiger partial charge on any atom is -0.387 e. The third-order valence-electron chi connectivity index (χ3n) is 4.20. The van der Waals surface area contributed by atoms with Gasteiger partial charge in [-0.25, -0.2) is 0 Å². The van der Waals surface area contributed by atoms with Crippen molar-refractivity contribution in [3.8, 4) is 0 Å². The number of aliphatic hydroxyl groups is 1. The fourth-order valence-corrected chi connectivity index (χ4v) is 2.83. The van der Waals surface area contributed by atoms with Gasteiger partial charge < -0.3 is 10.4 Å². The first-order chi connectivity index (χ1) is 8.66. The molecular weight excluding hydrogens is 222 g/mol. The summed E-state index contributed by atoms with van der Waals surface area (Å²) in [6.45, 7) is 4.97. The predicted molar refractivity (Wildman–Crippen MR) is 75.6 cm³/mol. The second kappa shape index (κ2) is 6.35. The summed E-state index contributed by atoms with van der Waals surface area (Å²) >= 11 is 0. The number of hydrogen-bond donors (Lipinski definition) is 2. The van der Waals surface area contributed by atoms with Crippen molar-refractivity contribution in [2.24, 2.45) is 5.92 Å². The summed E-state index contributed by atoms with van der Waals surface area (Å²) in [5.41, 5.74) is 2.24. The van der Waals surface area contributed by atoms with E-state index in [2.05, 4.69) is 31.3 Å². The van der Waals surface area contributed by atoms with Gasteiger partial charge in [-0.15, -0.1) is 0 Å². The molecular formula is C16H25NO. The summed E-state index contributed by atoms with van der Waals surface area (Å²) in [6, 6.07) is 8.66. The second-order valence-corrected chi connectivity index (χ2v) is 5.67. The molecule has 2 unspecified atom stereocenters. The van der Waals surface area contributed by atoms with Crippen molar-refractivity contribution in [2.75, 3.05) is 6.54 Å². The fourth-order valence-electron chi connectivity index (χ4n) is 2.83. The first-order valence-electron chi connectivity index (χ1n) is 7.15. The van der Waals surface area contributed by atoms with Crippen molar-refractivity contribution in [3.63, 3.8) is 0 Å². The molecule has 1 aliphatic rings. The van der Waals surface area contributed by atoms with Crippen molar-refractivity contribution in [3.05, 3.63) is 35.4 Å². The van der Waals surface area contributed by atoms with Crippen LogP contribution in [0.4, 0.5) is 0 Å². The highest BCUT2D eigenvalue weighted by molar-refractivity contribution is 5.23. The number of hydrogen-bond acceptors (Lipinski definition) is 2. The van der Waals surface area contributed by atoms with Crippen LogP contribution in [-0.4, -0.2) is 17.7 Å². The minimum absolute atomic E-state index is 0.394. The Morgan fingerprint density at radius 2 is 1.83 bits per heavy atom. The number of nitrogens with one attached hydrogen (secondary N) is 1. The molecule has 1 aromatic rings. The van der Waals surface area contributed by atoms with Gasteiger partial charge in [0.1, 0.15) is 0 Å². The van der Waals surface area contributed by atoms with E-state index in [1.807, 2.05) is 12.1 Å². The van der Waals surface area contributed by atoms with Crippen LogP contribution in [0.15, 0.2) is 24.3 Å². The van der Waals surface area contributed by atoms with Gasteiger partial charge in [-0.1, -0.05) is 42.7 Å². The number of rotatable bonds is 5. The van der Waals surface area contributed by atoms with Crippen LogP contribution in [0.5, 0.6) is 0 Å². The molecule has 2 rings (SSSR count). The van der Waals surface area contributed by atoms with Gasteiger partial charge in [0, 0.05) is 12.6 Å². The average molecular weight is 247 g/mol. The molecule has 100 valence electrons. The summed E-state index contributed by atoms with van der Waals surface area (Å²) in [7, 11) is 0. The predicted octanol–water partition coefficient (Wildman–Crippen LogP) is 3.20. The van der Waals surface area contributed by atoms with E-state index < -0.39 is 6.10 Å². The highest BCUT2D eigenvalue weighted by Gasteiger charge is 2.21. The molecule has 0 radical (unpaired) electrons. The third-order valence-corrected chi connectivity index (χ3v) is 4.20. The van der Waals surface area contributed by atoms with Crippen LogP contribution in [0, 0.1) is 12.8 Å². The lowest BCUT2D eigenvalue weighted by Gasteiger charge is -2.22. The largest absolute Gasteiger partial charge is 0.387 e. The lowest BCUT2D eigenvalue weighted by Crippen LogP contribution is -2.35. The zero-order valence-electron chi connectivity index (χ0n) is 11.5. The first kappa shape index (κ1) is 13.6. The van der Waals surface area contributed by atoms with Crippen LogP contribution in [0.3, 0.4) is 0 Å². The Balaban J connectivity index is 1.80. The van der Waals surface area contributed by atoms with Crippen LogP contribution in [0.1, 0.15) is 49.8 Å². The monoisotopic (exact) mass is 247 g/mol. The van der Waals surface area contributed by atoms with Crippen molar-refractivity contribution in [2.45, 2.75) is 51.7 Å². The molecule has 0 saturated heterocycles. The zero-order valence-corrected chi connectivity index (χ0v) is 11.5. The molecule has 2 heteroatoms. The number of benzene rings is 1. The molecule has 0 spiro atoms. The summed E-state index contributed by atoms with van der Waals surface area (Å²) in [5.74, 6) is 0.801. The molecule has 0 amide bonds. The fraction of sp³-hybridized carbons (Fsp3) is 0.625. The van der Waals surface area contributed by atoms with Gasteiger partial charge in [0.2, 0.25) is 0 Å². The molecule has 2 nitrogen and oxygen atoms in total. The van der Waals surface area contributed by atoms with Gasteiger partial charge in [0.25, 0.3) is 0 Å². The van der Waals surface area contributed by atoms with E-state index in [-0.39, 0.29) is 0 Å². The van der Waals surface area contributed by atoms with Gasteiger partial charge in [0.15, 0.2) is 0 Å². The number of aliphatic hydroxyl groups excluding tert-OH is 1. The van der Waals surface area contributed by atoms with E-state index in [9.17, 15) is 5.11 Å². The zero-order chi connectivity index (χ0) is 13.0. The average Bonchev–Trinajstić information content (AvgIpc) is 2.90. The normalized spacial score (nSPS) is 19.9. The van der Waals surface area contributed by atoms with E-state index in [1.165, 1.54) is 31.2 Å². The highest BCUT2D eigenvalue weighted by Crippen LogP contribution is 2.27. The van der Waals surface area contributed by atoms with E-state index in [0.717, 1.165) is 11.5 Å². The molecule has 1 aliphatic carbocycles. The maximum Gasteiger partial charge on any atom is 0.0914 e. The Morgan fingerprint density at radius 1 is 1.22 bits per heavy atom. The van der Waals surface area contributed by atoms with E-state index in [4.69, 9.17) is 0 Å². The highest BCUT2D eigenvalue weighted by atomic mass is 16.3. The van der Waals surface area contributed by atoms with Crippen molar-refractivity contribution in [1.29, 1.82) is 0 Å². The van der Waals surface area contributed by atoms with Gasteiger partial charge in [-0.3, -0.25) is 0 Å². The standard InChI is InChI=1S/C16H25NO/c1-12-7-9-15(10-8-12)16(18)11-17-13(2)14-5-3-4-6-14/h7-10,13-14,16-18H,3-6,11H2,1-2H3. The maximum atomic E-state index is 10.1. The van der Waals surface area contributed by atoms with Gasteiger partial charge in [-0.05, 0) is 38.2 Å². The molecule has 1 aromatic carbocycles. The Bertz CT molecular complexity index is 354. The Hall–Kier alpha value is -0.860. The smallest absolute Gasteiger partial charge is 0.0914 e. The molecule has 2 N–H and O–H groups in total. The van der Waals surface area contributed by atoms with Crippen LogP contribution in [0.2, 0.25) is 0 Å². The lowest BCUT2D eigenvalue weighted by atomic mass is 9.99. The molecule has 18 heavy (non-hydrogen) atoms. The molecule has 1 saturated carbocycles. The van der Waals surface area contributed by atoms with Gasteiger partial charge in [0.05, 0.1) is 6.10 Å². The summed E-state index contributed by atoms with van der Waals surface area (Å²) < 4.78 is 0. The minimum atomic E-state index is -0.394. The molecule has 2 atom stereocenters. The molecule has 0 aliphatic heterocycles. The SMILES string of the molecule is Cc1ccc(C(O)CNC(C)C2CCCC2)cc1. The van der Waals surface area contributed by atoms with Gasteiger partial charge >= 0.3 is 0 Å². The van der Waals surface area contributed by atoms with Crippen LogP contribution < -0.4 is 5.32 Å². The van der Waals surface area contributed by atoms with E-state index >= 15 is 0 Å². The van der Waals surface area contributed by atoms with E-state index in [0.29, 0.717) is 12.6 Å². The van der Waals surface area contributed by atoms with Crippen LogP contribution in [0.25, 0.3) is 0 Å². The van der Waals surface area contributed by atoms with Crippen LogP contribution in [-0.2, 0) is 0 Å². The Morgan fingerprint density at radius 3 is 2.44 bits per heavy atom. The van der Waals surface area contributed by atoms with Gasteiger partial charge in [-0.2, -0.15) is 0 Å². The molecule has 0 aromatic heterocycles. The van der Waals surface area contributed by atoms with Crippen molar-refractivity contribution in [1.82, 2.24) is 5.32 Å². The third kappa shape index (κ3) is 3.56.